The summed E-state index contributed by atoms with van der Waals surface area (Å²) in [5.74, 6) is 1.52. The molecule has 1 aliphatic heterocycles. The highest BCUT2D eigenvalue weighted by Gasteiger charge is 2.18. The molecule has 1 saturated heterocycles. The number of carbonyl (C=O) groups excluding carboxylic acids is 1. The fraction of sp³-hybridized carbons (Fsp3) is 0.667. The van der Waals surface area contributed by atoms with Gasteiger partial charge < -0.3 is 10.2 Å². The van der Waals surface area contributed by atoms with Crippen LogP contribution in [0.25, 0.3) is 0 Å². The Labute approximate surface area is 120 Å². The molecule has 0 radical (unpaired) electrons. The molecule has 2 rings (SSSR count). The largest absolute Gasteiger partial charge is 0.356 e. The van der Waals surface area contributed by atoms with Crippen LogP contribution in [-0.4, -0.2) is 35.0 Å². The molecule has 20 heavy (non-hydrogen) atoms. The molecule has 1 aliphatic rings. The highest BCUT2D eigenvalue weighted by Crippen LogP contribution is 2.21. The van der Waals surface area contributed by atoms with Gasteiger partial charge in [-0.1, -0.05) is 13.8 Å². The van der Waals surface area contributed by atoms with Crippen molar-refractivity contribution in [2.45, 2.75) is 46.1 Å². The SMILES string of the molecule is CCC(C)NC(=O)c1cc(N2CCC(C)CC2)ncn1. The van der Waals surface area contributed by atoms with Gasteiger partial charge in [0.15, 0.2) is 0 Å². The van der Waals surface area contributed by atoms with E-state index in [-0.39, 0.29) is 11.9 Å². The van der Waals surface area contributed by atoms with E-state index in [2.05, 4.69) is 27.1 Å². The second-order valence-corrected chi connectivity index (χ2v) is 5.71. The van der Waals surface area contributed by atoms with Crippen molar-refractivity contribution in [3.8, 4) is 0 Å². The van der Waals surface area contributed by atoms with Crippen LogP contribution in [0.2, 0.25) is 0 Å². The van der Waals surface area contributed by atoms with E-state index < -0.39 is 0 Å². The van der Waals surface area contributed by atoms with Crippen molar-refractivity contribution in [1.82, 2.24) is 15.3 Å². The molecule has 1 aromatic rings. The molecule has 5 heteroatoms. The zero-order valence-electron chi connectivity index (χ0n) is 12.6. The van der Waals surface area contributed by atoms with Gasteiger partial charge in [0.25, 0.3) is 5.91 Å². The summed E-state index contributed by atoms with van der Waals surface area (Å²) in [6, 6.07) is 1.96. The molecule has 0 aromatic carbocycles. The Morgan fingerprint density at radius 2 is 2.15 bits per heavy atom. The summed E-state index contributed by atoms with van der Waals surface area (Å²) in [5, 5.41) is 2.94. The second kappa shape index (κ2) is 6.68. The number of carbonyl (C=O) groups is 1. The number of aromatic nitrogens is 2. The lowest BCUT2D eigenvalue weighted by atomic mass is 9.99. The molecule has 2 heterocycles. The number of rotatable bonds is 4. The first-order valence-electron chi connectivity index (χ1n) is 7.48. The van der Waals surface area contributed by atoms with Crippen LogP contribution in [0.3, 0.4) is 0 Å². The highest BCUT2D eigenvalue weighted by atomic mass is 16.1. The predicted octanol–water partition coefficient (Wildman–Crippen LogP) is 2.24. The fourth-order valence-corrected chi connectivity index (χ4v) is 2.28. The molecule has 0 aliphatic carbocycles. The average molecular weight is 276 g/mol. The lowest BCUT2D eigenvalue weighted by Gasteiger charge is -2.31. The normalized spacial score (nSPS) is 17.9. The van der Waals surface area contributed by atoms with Crippen molar-refractivity contribution in [2.75, 3.05) is 18.0 Å². The number of amides is 1. The summed E-state index contributed by atoms with van der Waals surface area (Å²) in [6.45, 7) is 8.33. The van der Waals surface area contributed by atoms with Gasteiger partial charge in [-0.25, -0.2) is 9.97 Å². The van der Waals surface area contributed by atoms with Gasteiger partial charge in [-0.3, -0.25) is 4.79 Å². The first-order chi connectivity index (χ1) is 9.60. The number of piperidine rings is 1. The van der Waals surface area contributed by atoms with Gasteiger partial charge in [0.05, 0.1) is 0 Å². The van der Waals surface area contributed by atoms with Crippen LogP contribution in [0.4, 0.5) is 5.82 Å². The van der Waals surface area contributed by atoms with E-state index in [0.29, 0.717) is 5.69 Å². The van der Waals surface area contributed by atoms with Gasteiger partial charge in [0, 0.05) is 25.2 Å². The average Bonchev–Trinajstić information content (AvgIpc) is 2.48. The molecular weight excluding hydrogens is 252 g/mol. The zero-order valence-corrected chi connectivity index (χ0v) is 12.6. The van der Waals surface area contributed by atoms with E-state index in [4.69, 9.17) is 0 Å². The summed E-state index contributed by atoms with van der Waals surface area (Å²) in [6.07, 6.45) is 4.75. The quantitative estimate of drug-likeness (QED) is 0.916. The Morgan fingerprint density at radius 3 is 2.80 bits per heavy atom. The Balaban J connectivity index is 2.06. The smallest absolute Gasteiger partial charge is 0.270 e. The standard InChI is InChI=1S/C15H24N4O/c1-4-12(3)18-15(20)13-9-14(17-10-16-13)19-7-5-11(2)6-8-19/h9-12H,4-8H2,1-3H3,(H,18,20). The molecule has 0 spiro atoms. The van der Waals surface area contributed by atoms with Crippen LogP contribution < -0.4 is 10.2 Å². The van der Waals surface area contributed by atoms with Crippen molar-refractivity contribution in [3.63, 3.8) is 0 Å². The van der Waals surface area contributed by atoms with Crippen molar-refractivity contribution in [3.05, 3.63) is 18.1 Å². The van der Waals surface area contributed by atoms with Crippen LogP contribution in [0.5, 0.6) is 0 Å². The third kappa shape index (κ3) is 3.68. The van der Waals surface area contributed by atoms with Gasteiger partial charge in [-0.15, -0.1) is 0 Å². The molecule has 1 fully saturated rings. The molecule has 1 aromatic heterocycles. The molecular formula is C15H24N4O. The first kappa shape index (κ1) is 14.8. The lowest BCUT2D eigenvalue weighted by molar-refractivity contribution is 0.0934. The molecule has 110 valence electrons. The topological polar surface area (TPSA) is 58.1 Å². The number of hydrogen-bond donors (Lipinski definition) is 1. The molecule has 0 bridgehead atoms. The van der Waals surface area contributed by atoms with E-state index in [1.54, 1.807) is 6.07 Å². The third-order valence-corrected chi connectivity index (χ3v) is 3.98. The Hall–Kier alpha value is -1.65. The Bertz CT molecular complexity index is 455. The lowest BCUT2D eigenvalue weighted by Crippen LogP contribution is -2.35. The Morgan fingerprint density at radius 1 is 1.45 bits per heavy atom. The van der Waals surface area contributed by atoms with Gasteiger partial charge in [0.2, 0.25) is 0 Å². The van der Waals surface area contributed by atoms with Gasteiger partial charge in [-0.05, 0) is 32.1 Å². The second-order valence-electron chi connectivity index (χ2n) is 5.71. The van der Waals surface area contributed by atoms with E-state index in [1.807, 2.05) is 13.8 Å². The number of hydrogen-bond acceptors (Lipinski definition) is 4. The van der Waals surface area contributed by atoms with Crippen molar-refractivity contribution in [2.24, 2.45) is 5.92 Å². The number of nitrogens with one attached hydrogen (secondary N) is 1. The van der Waals surface area contributed by atoms with E-state index >= 15 is 0 Å². The number of anilines is 1. The first-order valence-corrected chi connectivity index (χ1v) is 7.48. The number of nitrogens with zero attached hydrogens (tertiary/aromatic N) is 3. The minimum Gasteiger partial charge on any atom is -0.356 e. The van der Waals surface area contributed by atoms with Gasteiger partial charge in [0.1, 0.15) is 17.8 Å². The minimum absolute atomic E-state index is 0.117. The Kier molecular flexibility index (Phi) is 4.93. The summed E-state index contributed by atoms with van der Waals surface area (Å²) in [7, 11) is 0. The van der Waals surface area contributed by atoms with Crippen molar-refractivity contribution >= 4 is 11.7 Å². The van der Waals surface area contributed by atoms with Crippen LogP contribution in [0, 0.1) is 5.92 Å². The molecule has 5 nitrogen and oxygen atoms in total. The van der Waals surface area contributed by atoms with Crippen LogP contribution in [-0.2, 0) is 0 Å². The maximum absolute atomic E-state index is 12.1. The van der Waals surface area contributed by atoms with Crippen molar-refractivity contribution in [1.29, 1.82) is 0 Å². The predicted molar refractivity (Wildman–Crippen MR) is 79.9 cm³/mol. The van der Waals surface area contributed by atoms with Crippen LogP contribution in [0.1, 0.15) is 50.5 Å². The van der Waals surface area contributed by atoms with Gasteiger partial charge >= 0.3 is 0 Å². The maximum atomic E-state index is 12.1. The molecule has 0 saturated carbocycles. The zero-order chi connectivity index (χ0) is 14.5. The van der Waals surface area contributed by atoms with Crippen LogP contribution in [0.15, 0.2) is 12.4 Å². The maximum Gasteiger partial charge on any atom is 0.270 e. The van der Waals surface area contributed by atoms with E-state index in [0.717, 1.165) is 31.2 Å². The molecule has 1 N–H and O–H groups in total. The fourth-order valence-electron chi connectivity index (χ4n) is 2.28. The monoisotopic (exact) mass is 276 g/mol. The summed E-state index contributed by atoms with van der Waals surface area (Å²) < 4.78 is 0. The summed E-state index contributed by atoms with van der Waals surface area (Å²) >= 11 is 0. The molecule has 1 atom stereocenters. The summed E-state index contributed by atoms with van der Waals surface area (Å²) in [4.78, 5) is 22.7. The van der Waals surface area contributed by atoms with Crippen molar-refractivity contribution < 1.29 is 4.79 Å². The van der Waals surface area contributed by atoms with Crippen LogP contribution >= 0.6 is 0 Å². The minimum atomic E-state index is -0.117. The van der Waals surface area contributed by atoms with E-state index in [1.165, 1.54) is 19.2 Å². The van der Waals surface area contributed by atoms with E-state index in [9.17, 15) is 4.79 Å². The third-order valence-electron chi connectivity index (χ3n) is 3.98. The van der Waals surface area contributed by atoms with Gasteiger partial charge in [-0.2, -0.15) is 0 Å². The summed E-state index contributed by atoms with van der Waals surface area (Å²) in [5.41, 5.74) is 0.453. The highest BCUT2D eigenvalue weighted by molar-refractivity contribution is 5.93. The molecule has 1 amide bonds. The molecule has 1 unspecified atom stereocenters.